The smallest absolute Gasteiger partial charge is 0.307 e. The average molecular weight is 164 g/mol. The number of hydrogen-bond acceptors (Lipinski definition) is 3. The quantitative estimate of drug-likeness (QED) is 0.515. The van der Waals surface area contributed by atoms with Gasteiger partial charge in [-0.3, -0.25) is 4.79 Å². The van der Waals surface area contributed by atoms with Gasteiger partial charge in [-0.25, -0.2) is 0 Å². The Balaban J connectivity index is 3.50. The summed E-state index contributed by atoms with van der Waals surface area (Å²) in [4.78, 5) is 10.3. The summed E-state index contributed by atoms with van der Waals surface area (Å²) in [7, 11) is 0. The molecule has 1 unspecified atom stereocenters. The molecule has 2 N–H and O–H groups in total. The highest BCUT2D eigenvalue weighted by molar-refractivity contribution is 7.80. The fraction of sp³-hybridized carbons (Fsp3) is 0.833. The number of hydrogen-bond donors (Lipinski definition) is 3. The number of aliphatic hydroxyl groups is 1. The van der Waals surface area contributed by atoms with Crippen molar-refractivity contribution in [3.63, 3.8) is 0 Å². The Bertz CT molecular complexity index is 105. The van der Waals surface area contributed by atoms with Gasteiger partial charge in [0.05, 0.1) is 5.92 Å². The summed E-state index contributed by atoms with van der Waals surface area (Å²) in [5.41, 5.74) is 0. The van der Waals surface area contributed by atoms with Crippen LogP contribution in [0.2, 0.25) is 0 Å². The molecular formula is C6H12O3S. The maximum absolute atomic E-state index is 10.3. The van der Waals surface area contributed by atoms with Crippen LogP contribution in [0, 0.1) is 5.92 Å². The van der Waals surface area contributed by atoms with E-state index in [0.717, 1.165) is 0 Å². The Morgan fingerprint density at radius 1 is 1.60 bits per heavy atom. The van der Waals surface area contributed by atoms with Gasteiger partial charge in [-0.15, -0.1) is 0 Å². The van der Waals surface area contributed by atoms with Crippen molar-refractivity contribution in [1.29, 1.82) is 0 Å². The molecule has 1 atom stereocenters. The summed E-state index contributed by atoms with van der Waals surface area (Å²) < 4.78 is 0. The number of thiol groups is 1. The van der Waals surface area contributed by atoms with Crippen LogP contribution in [0.5, 0.6) is 0 Å². The van der Waals surface area contributed by atoms with Crippen LogP contribution in [-0.2, 0) is 4.79 Å². The molecule has 0 fully saturated rings. The molecule has 0 amide bonds. The molecule has 0 spiro atoms. The van der Waals surface area contributed by atoms with Crippen molar-refractivity contribution >= 4 is 18.6 Å². The molecule has 0 aliphatic rings. The first-order chi connectivity index (χ1) is 4.72. The molecular weight excluding hydrogens is 152 g/mol. The van der Waals surface area contributed by atoms with E-state index < -0.39 is 11.9 Å². The Labute approximate surface area is 65.5 Å². The fourth-order valence-electron chi connectivity index (χ4n) is 0.631. The van der Waals surface area contributed by atoms with E-state index in [4.69, 9.17) is 10.2 Å². The molecule has 0 aliphatic carbocycles. The normalized spacial score (nSPS) is 13.0. The summed E-state index contributed by atoms with van der Waals surface area (Å²) in [5.74, 6) is -0.895. The molecule has 0 aromatic rings. The monoisotopic (exact) mass is 164 g/mol. The van der Waals surface area contributed by atoms with Crippen LogP contribution >= 0.6 is 12.6 Å². The van der Waals surface area contributed by atoms with E-state index in [2.05, 4.69) is 12.6 Å². The first kappa shape index (κ1) is 9.78. The zero-order valence-electron chi connectivity index (χ0n) is 5.66. The zero-order valence-corrected chi connectivity index (χ0v) is 6.55. The zero-order chi connectivity index (χ0) is 7.98. The number of carbonyl (C=O) groups is 1. The summed E-state index contributed by atoms with van der Waals surface area (Å²) >= 11 is 3.87. The molecule has 0 aliphatic heterocycles. The van der Waals surface area contributed by atoms with Gasteiger partial charge in [-0.05, 0) is 12.8 Å². The van der Waals surface area contributed by atoms with Crippen molar-refractivity contribution in [2.24, 2.45) is 5.92 Å². The van der Waals surface area contributed by atoms with E-state index >= 15 is 0 Å². The summed E-state index contributed by atoms with van der Waals surface area (Å²) in [5, 5.41) is 16.8. The van der Waals surface area contributed by atoms with Gasteiger partial charge in [-0.1, -0.05) is 0 Å². The van der Waals surface area contributed by atoms with Gasteiger partial charge in [0.1, 0.15) is 0 Å². The minimum absolute atomic E-state index is 0.0531. The van der Waals surface area contributed by atoms with Crippen molar-refractivity contribution in [3.05, 3.63) is 0 Å². The number of aliphatic carboxylic acids is 1. The van der Waals surface area contributed by atoms with Gasteiger partial charge in [-0.2, -0.15) is 12.6 Å². The van der Waals surface area contributed by atoms with Crippen molar-refractivity contribution in [3.8, 4) is 0 Å². The number of carboxylic acids is 1. The predicted octanol–water partition coefficient (Wildman–Crippen LogP) is 0.390. The second kappa shape index (κ2) is 5.56. The van der Waals surface area contributed by atoms with E-state index in [-0.39, 0.29) is 6.61 Å². The van der Waals surface area contributed by atoms with E-state index in [1.54, 1.807) is 0 Å². The lowest BCUT2D eigenvalue weighted by atomic mass is 10.1. The van der Waals surface area contributed by atoms with Crippen LogP contribution in [0.4, 0.5) is 0 Å². The lowest BCUT2D eigenvalue weighted by Gasteiger charge is -2.06. The minimum Gasteiger partial charge on any atom is -0.481 e. The molecule has 4 heteroatoms. The predicted molar refractivity (Wildman–Crippen MR) is 41.3 cm³/mol. The topological polar surface area (TPSA) is 57.5 Å². The molecule has 0 saturated heterocycles. The van der Waals surface area contributed by atoms with Crippen LogP contribution in [0.15, 0.2) is 0 Å². The van der Waals surface area contributed by atoms with Gasteiger partial charge < -0.3 is 10.2 Å². The molecule has 0 aromatic carbocycles. The number of aliphatic hydroxyl groups excluding tert-OH is 1. The van der Waals surface area contributed by atoms with Gasteiger partial charge >= 0.3 is 5.97 Å². The molecule has 0 radical (unpaired) electrons. The molecule has 0 rings (SSSR count). The Morgan fingerprint density at radius 2 is 2.20 bits per heavy atom. The largest absolute Gasteiger partial charge is 0.481 e. The van der Waals surface area contributed by atoms with Gasteiger partial charge in [0, 0.05) is 12.4 Å². The Hall–Kier alpha value is -0.220. The lowest BCUT2D eigenvalue weighted by Crippen LogP contribution is -2.15. The third-order valence-electron chi connectivity index (χ3n) is 1.28. The minimum atomic E-state index is -0.830. The highest BCUT2D eigenvalue weighted by Crippen LogP contribution is 2.07. The second-order valence-electron chi connectivity index (χ2n) is 2.08. The first-order valence-electron chi connectivity index (χ1n) is 3.17. The van der Waals surface area contributed by atoms with Gasteiger partial charge in [0.2, 0.25) is 0 Å². The third kappa shape index (κ3) is 3.74. The third-order valence-corrected chi connectivity index (χ3v) is 1.72. The lowest BCUT2D eigenvalue weighted by molar-refractivity contribution is -0.141. The molecule has 0 bridgehead atoms. The van der Waals surface area contributed by atoms with Gasteiger partial charge in [0.25, 0.3) is 0 Å². The van der Waals surface area contributed by atoms with E-state index in [1.807, 2.05) is 0 Å². The van der Waals surface area contributed by atoms with Crippen LogP contribution in [0.1, 0.15) is 12.8 Å². The van der Waals surface area contributed by atoms with E-state index in [1.165, 1.54) is 0 Å². The van der Waals surface area contributed by atoms with Crippen molar-refractivity contribution < 1.29 is 15.0 Å². The van der Waals surface area contributed by atoms with Crippen molar-refractivity contribution in [2.75, 3.05) is 12.4 Å². The maximum Gasteiger partial charge on any atom is 0.307 e. The SMILES string of the molecule is O=C(O)C(CS)CCCO. The first-order valence-corrected chi connectivity index (χ1v) is 3.80. The number of carboxylic acid groups (broad SMARTS) is 1. The van der Waals surface area contributed by atoms with Crippen LogP contribution < -0.4 is 0 Å². The summed E-state index contributed by atoms with van der Waals surface area (Å²) in [6, 6.07) is 0. The van der Waals surface area contributed by atoms with E-state index in [0.29, 0.717) is 18.6 Å². The highest BCUT2D eigenvalue weighted by Gasteiger charge is 2.13. The number of rotatable bonds is 5. The summed E-state index contributed by atoms with van der Waals surface area (Å²) in [6.45, 7) is 0.0531. The Morgan fingerprint density at radius 3 is 2.50 bits per heavy atom. The van der Waals surface area contributed by atoms with Crippen molar-refractivity contribution in [2.45, 2.75) is 12.8 Å². The van der Waals surface area contributed by atoms with Crippen LogP contribution in [0.25, 0.3) is 0 Å². The molecule has 0 heterocycles. The van der Waals surface area contributed by atoms with Crippen LogP contribution in [0.3, 0.4) is 0 Å². The molecule has 0 aromatic heterocycles. The maximum atomic E-state index is 10.3. The standard InChI is InChI=1S/C6H12O3S/c7-3-1-2-5(4-10)6(8)9/h5,7,10H,1-4H2,(H,8,9). The second-order valence-corrected chi connectivity index (χ2v) is 2.45. The fourth-order valence-corrected chi connectivity index (χ4v) is 0.969. The Kier molecular flexibility index (Phi) is 5.43. The highest BCUT2D eigenvalue weighted by atomic mass is 32.1. The summed E-state index contributed by atoms with van der Waals surface area (Å²) in [6.07, 6.45) is 1.05. The molecule has 0 saturated carbocycles. The average Bonchev–Trinajstić information content (AvgIpc) is 1.89. The van der Waals surface area contributed by atoms with Crippen LogP contribution in [-0.4, -0.2) is 28.5 Å². The van der Waals surface area contributed by atoms with Gasteiger partial charge in [0.15, 0.2) is 0 Å². The molecule has 3 nitrogen and oxygen atoms in total. The molecule has 10 heavy (non-hydrogen) atoms. The molecule has 60 valence electrons. The van der Waals surface area contributed by atoms with E-state index in [9.17, 15) is 4.79 Å². The van der Waals surface area contributed by atoms with Crippen molar-refractivity contribution in [1.82, 2.24) is 0 Å².